The van der Waals surface area contributed by atoms with Gasteiger partial charge >= 0.3 is 0 Å². The monoisotopic (exact) mass is 441 g/mol. The maximum absolute atomic E-state index is 12.8. The fourth-order valence-corrected chi connectivity index (χ4v) is 3.74. The van der Waals surface area contributed by atoms with E-state index in [9.17, 15) is 32.8 Å². The van der Waals surface area contributed by atoms with Crippen molar-refractivity contribution in [3.63, 3.8) is 0 Å². The zero-order valence-corrected chi connectivity index (χ0v) is 16.6. The molecule has 1 unspecified atom stereocenters. The molecule has 2 aromatic rings. The summed E-state index contributed by atoms with van der Waals surface area (Å²) in [6.45, 7) is -0.00818. The number of benzene rings is 2. The van der Waals surface area contributed by atoms with Crippen molar-refractivity contribution in [2.45, 2.75) is 31.9 Å². The maximum atomic E-state index is 12.8. The summed E-state index contributed by atoms with van der Waals surface area (Å²) < 4.78 is 25.6. The number of piperidine rings is 1. The van der Waals surface area contributed by atoms with Crippen LogP contribution in [0.2, 0.25) is 0 Å². The van der Waals surface area contributed by atoms with Crippen LogP contribution in [0.15, 0.2) is 42.5 Å². The van der Waals surface area contributed by atoms with Crippen LogP contribution in [-0.2, 0) is 16.1 Å². The Labute approximate surface area is 180 Å². The minimum atomic E-state index is -2.63. The molecule has 2 aliphatic heterocycles. The van der Waals surface area contributed by atoms with Crippen molar-refractivity contribution in [1.29, 1.82) is 0 Å². The van der Waals surface area contributed by atoms with E-state index in [2.05, 4.69) is 10.6 Å². The average molecular weight is 441 g/mol. The van der Waals surface area contributed by atoms with Gasteiger partial charge in [0.05, 0.1) is 11.1 Å². The fraction of sp³-hybridized carbons (Fsp3) is 0.227. The minimum absolute atomic E-state index is 0.00419. The lowest BCUT2D eigenvalue weighted by atomic mass is 10.0. The number of alkyl halides is 2. The third-order valence-electron chi connectivity index (χ3n) is 5.36. The first-order chi connectivity index (χ1) is 15.3. The number of hydrogen-bond donors (Lipinski definition) is 2. The molecule has 0 aliphatic carbocycles. The Bertz CT molecular complexity index is 1160. The van der Waals surface area contributed by atoms with Gasteiger partial charge in [0.25, 0.3) is 24.1 Å². The van der Waals surface area contributed by atoms with Crippen LogP contribution >= 0.6 is 0 Å². The Morgan fingerprint density at radius 3 is 2.53 bits per heavy atom. The van der Waals surface area contributed by atoms with Crippen molar-refractivity contribution < 1.29 is 32.8 Å². The molecule has 0 bridgehead atoms. The normalized spacial score (nSPS) is 18.1. The Kier molecular flexibility index (Phi) is 5.52. The smallest absolute Gasteiger partial charge is 0.263 e. The summed E-state index contributed by atoms with van der Waals surface area (Å²) in [5.74, 6) is -3.15. The number of rotatable bonds is 5. The lowest BCUT2D eigenvalue weighted by Gasteiger charge is -2.27. The van der Waals surface area contributed by atoms with Crippen LogP contribution in [0.4, 0.5) is 8.78 Å². The molecule has 164 valence electrons. The third-order valence-corrected chi connectivity index (χ3v) is 5.36. The molecule has 1 atom stereocenters. The molecule has 2 N–H and O–H groups in total. The summed E-state index contributed by atoms with van der Waals surface area (Å²) in [7, 11) is 0. The van der Waals surface area contributed by atoms with E-state index in [1.807, 2.05) is 0 Å². The second-order valence-electron chi connectivity index (χ2n) is 7.44. The van der Waals surface area contributed by atoms with Crippen LogP contribution in [0.3, 0.4) is 0 Å². The van der Waals surface area contributed by atoms with Crippen LogP contribution in [0.5, 0.6) is 0 Å². The van der Waals surface area contributed by atoms with E-state index in [0.717, 1.165) is 4.90 Å². The van der Waals surface area contributed by atoms with E-state index in [1.165, 1.54) is 36.4 Å². The zero-order chi connectivity index (χ0) is 23.0. The first-order valence-corrected chi connectivity index (χ1v) is 9.77. The van der Waals surface area contributed by atoms with Gasteiger partial charge in [-0.05, 0) is 36.2 Å². The van der Waals surface area contributed by atoms with Crippen LogP contribution in [-0.4, -0.2) is 40.5 Å². The Morgan fingerprint density at radius 1 is 1.06 bits per heavy atom. The molecule has 8 nitrogen and oxygen atoms in total. The molecule has 0 aromatic heterocycles. The average Bonchev–Trinajstić information content (AvgIpc) is 3.02. The number of carbonyl (C=O) groups is 5. The summed E-state index contributed by atoms with van der Waals surface area (Å²) in [5, 5.41) is 4.70. The highest BCUT2D eigenvalue weighted by Gasteiger charge is 2.44. The van der Waals surface area contributed by atoms with Crippen molar-refractivity contribution in [3.05, 3.63) is 70.3 Å². The number of halogens is 2. The molecule has 0 spiro atoms. The van der Waals surface area contributed by atoms with Crippen molar-refractivity contribution in [2.24, 2.45) is 0 Å². The highest BCUT2D eigenvalue weighted by atomic mass is 19.3. The molecule has 10 heteroatoms. The topological polar surface area (TPSA) is 113 Å². The number of imide groups is 2. The van der Waals surface area contributed by atoms with E-state index in [0.29, 0.717) is 5.56 Å². The fourth-order valence-electron chi connectivity index (χ4n) is 3.74. The lowest BCUT2D eigenvalue weighted by molar-refractivity contribution is -0.136. The van der Waals surface area contributed by atoms with E-state index >= 15 is 0 Å². The number of nitrogens with one attached hydrogen (secondary N) is 2. The molecule has 2 aliphatic rings. The molecule has 5 amide bonds. The first kappa shape index (κ1) is 21.3. The minimum Gasteiger partial charge on any atom is -0.348 e. The number of nitrogens with zero attached hydrogens (tertiary/aromatic N) is 1. The number of amides is 5. The summed E-state index contributed by atoms with van der Waals surface area (Å²) in [4.78, 5) is 62.3. The quantitative estimate of drug-likeness (QED) is 0.689. The second kappa shape index (κ2) is 8.29. The van der Waals surface area contributed by atoms with Gasteiger partial charge in [-0.1, -0.05) is 18.2 Å². The highest BCUT2D eigenvalue weighted by Crippen LogP contribution is 2.28. The van der Waals surface area contributed by atoms with E-state index in [-0.39, 0.29) is 41.6 Å². The van der Waals surface area contributed by atoms with E-state index in [1.54, 1.807) is 6.07 Å². The molecule has 2 heterocycles. The van der Waals surface area contributed by atoms with Crippen molar-refractivity contribution >= 4 is 29.5 Å². The zero-order valence-electron chi connectivity index (χ0n) is 16.6. The summed E-state index contributed by atoms with van der Waals surface area (Å²) in [6, 6.07) is 8.48. The summed E-state index contributed by atoms with van der Waals surface area (Å²) in [5.41, 5.74) is 0.451. The number of fused-ring (bicyclic) bond motifs is 1. The van der Waals surface area contributed by atoms with E-state index < -0.39 is 42.0 Å². The first-order valence-electron chi connectivity index (χ1n) is 9.77. The molecule has 4 rings (SSSR count). The van der Waals surface area contributed by atoms with Crippen LogP contribution in [0.25, 0.3) is 0 Å². The van der Waals surface area contributed by atoms with Crippen molar-refractivity contribution in [2.75, 3.05) is 0 Å². The molecule has 0 radical (unpaired) electrons. The Balaban J connectivity index is 1.50. The van der Waals surface area contributed by atoms with Crippen molar-refractivity contribution in [1.82, 2.24) is 15.5 Å². The molecule has 0 saturated carbocycles. The Hall–Kier alpha value is -3.95. The highest BCUT2D eigenvalue weighted by molar-refractivity contribution is 6.24. The van der Waals surface area contributed by atoms with Gasteiger partial charge in [0.1, 0.15) is 6.04 Å². The van der Waals surface area contributed by atoms with Crippen LogP contribution in [0, 0.1) is 0 Å². The molecule has 32 heavy (non-hydrogen) atoms. The van der Waals surface area contributed by atoms with Gasteiger partial charge in [-0.25, -0.2) is 8.78 Å². The molecule has 2 aromatic carbocycles. The maximum Gasteiger partial charge on any atom is 0.263 e. The van der Waals surface area contributed by atoms with Gasteiger partial charge in [-0.15, -0.1) is 0 Å². The SMILES string of the molecule is O=C1CCC(N2C(=O)c3ccc(C(=O)NCc4cccc(C(F)F)c4)cc3C2=O)C(=O)N1. The van der Waals surface area contributed by atoms with Gasteiger partial charge in [-0.3, -0.25) is 34.2 Å². The molecular weight excluding hydrogens is 424 g/mol. The van der Waals surface area contributed by atoms with Gasteiger partial charge in [0.15, 0.2) is 0 Å². The van der Waals surface area contributed by atoms with Gasteiger partial charge < -0.3 is 5.32 Å². The van der Waals surface area contributed by atoms with Gasteiger partial charge in [-0.2, -0.15) is 0 Å². The summed E-state index contributed by atoms with van der Waals surface area (Å²) in [6.07, 6.45) is -2.59. The largest absolute Gasteiger partial charge is 0.348 e. The molecule has 1 fully saturated rings. The third kappa shape index (κ3) is 3.86. The molecule has 1 saturated heterocycles. The standard InChI is InChI=1S/C22H17F2N3O5/c23-18(24)12-3-1-2-11(8-12)10-25-19(29)13-4-5-14-15(9-13)22(32)27(21(14)31)16-6-7-17(28)26-20(16)30/h1-5,8-9,16,18H,6-7,10H2,(H,25,29)(H,26,28,30). The lowest BCUT2D eigenvalue weighted by Crippen LogP contribution is -2.54. The van der Waals surface area contributed by atoms with E-state index in [4.69, 9.17) is 0 Å². The van der Waals surface area contributed by atoms with Crippen LogP contribution < -0.4 is 10.6 Å². The second-order valence-corrected chi connectivity index (χ2v) is 7.44. The van der Waals surface area contributed by atoms with Crippen LogP contribution in [0.1, 0.15) is 61.5 Å². The van der Waals surface area contributed by atoms with Gasteiger partial charge in [0, 0.05) is 24.1 Å². The van der Waals surface area contributed by atoms with Crippen molar-refractivity contribution in [3.8, 4) is 0 Å². The Morgan fingerprint density at radius 2 is 1.81 bits per heavy atom. The number of hydrogen-bond acceptors (Lipinski definition) is 5. The molecular formula is C22H17F2N3O5. The predicted molar refractivity (Wildman–Crippen MR) is 106 cm³/mol. The predicted octanol–water partition coefficient (Wildman–Crippen LogP) is 1.96. The van der Waals surface area contributed by atoms with Gasteiger partial charge in [0.2, 0.25) is 11.8 Å². The number of carbonyl (C=O) groups excluding carboxylic acids is 5. The summed E-state index contributed by atoms with van der Waals surface area (Å²) >= 11 is 0.